The second kappa shape index (κ2) is 10.5. The minimum absolute atomic E-state index is 0.0756. The van der Waals surface area contributed by atoms with Gasteiger partial charge in [0, 0.05) is 32.5 Å². The van der Waals surface area contributed by atoms with E-state index in [-0.39, 0.29) is 11.5 Å². The Morgan fingerprint density at radius 2 is 1.58 bits per heavy atom. The lowest BCUT2D eigenvalue weighted by Crippen LogP contribution is -2.34. The number of carbonyl (C=O) groups excluding carboxylic acids is 1. The molecule has 0 atom stereocenters. The summed E-state index contributed by atoms with van der Waals surface area (Å²) in [5, 5.41) is 9.48. The molecule has 5 aromatic rings. The van der Waals surface area contributed by atoms with Crippen molar-refractivity contribution in [1.29, 1.82) is 0 Å². The highest BCUT2D eigenvalue weighted by atomic mass is 16.2. The summed E-state index contributed by atoms with van der Waals surface area (Å²) in [5.74, 6) is 1.31. The number of rotatable bonds is 7. The molecule has 1 aliphatic heterocycles. The number of hydrogen-bond donors (Lipinski definition) is 0. The monoisotopic (exact) mass is 503 g/mol. The fourth-order valence-electron chi connectivity index (χ4n) is 5.25. The van der Waals surface area contributed by atoms with Crippen LogP contribution in [0.4, 0.5) is 0 Å². The fourth-order valence-corrected chi connectivity index (χ4v) is 5.25. The molecule has 0 saturated heterocycles. The molecule has 0 radical (unpaired) electrons. The van der Waals surface area contributed by atoms with Crippen molar-refractivity contribution in [3.8, 4) is 0 Å². The van der Waals surface area contributed by atoms with E-state index in [0.717, 1.165) is 17.5 Å². The molecular weight excluding hydrogens is 474 g/mol. The molecular formula is C31H29N5O2. The van der Waals surface area contributed by atoms with Crippen LogP contribution in [0.15, 0.2) is 95.8 Å². The second-order valence-electron chi connectivity index (χ2n) is 9.65. The van der Waals surface area contributed by atoms with Crippen LogP contribution in [0, 0.1) is 0 Å². The summed E-state index contributed by atoms with van der Waals surface area (Å²) in [7, 11) is 0. The van der Waals surface area contributed by atoms with Gasteiger partial charge < -0.3 is 4.90 Å². The standard InChI is InChI=1S/C31H29N5O2/c37-29(34-20-18-25(19-21-34)24-11-5-2-6-12-24)16-15-28-32-33-31-35(22-17-23-9-3-1-4-10-23)30(38)26-13-7-8-14-27(26)36(28)31/h1-14,18H,15-17,19-22H2. The van der Waals surface area contributed by atoms with Gasteiger partial charge in [-0.25, -0.2) is 0 Å². The summed E-state index contributed by atoms with van der Waals surface area (Å²) in [6.07, 6.45) is 4.51. The third-order valence-electron chi connectivity index (χ3n) is 7.31. The van der Waals surface area contributed by atoms with Gasteiger partial charge in [0.15, 0.2) is 0 Å². The van der Waals surface area contributed by atoms with Crippen LogP contribution in [0.1, 0.15) is 29.8 Å². The summed E-state index contributed by atoms with van der Waals surface area (Å²) in [6.45, 7) is 1.83. The van der Waals surface area contributed by atoms with E-state index in [0.29, 0.717) is 55.9 Å². The number of aromatic nitrogens is 4. The van der Waals surface area contributed by atoms with Gasteiger partial charge in [0.2, 0.25) is 11.7 Å². The summed E-state index contributed by atoms with van der Waals surface area (Å²) in [5.41, 5.74) is 4.36. The fraction of sp³-hybridized carbons (Fsp3) is 0.226. The summed E-state index contributed by atoms with van der Waals surface area (Å²) in [6, 6.07) is 28.0. The van der Waals surface area contributed by atoms with Crippen LogP contribution in [0.25, 0.3) is 22.3 Å². The maximum Gasteiger partial charge on any atom is 0.262 e. The van der Waals surface area contributed by atoms with Gasteiger partial charge in [-0.1, -0.05) is 78.9 Å². The van der Waals surface area contributed by atoms with Crippen LogP contribution in [0.3, 0.4) is 0 Å². The van der Waals surface area contributed by atoms with Gasteiger partial charge in [0.1, 0.15) is 5.82 Å². The van der Waals surface area contributed by atoms with Crippen molar-refractivity contribution < 1.29 is 4.79 Å². The number of aryl methyl sites for hydroxylation is 3. The first-order valence-electron chi connectivity index (χ1n) is 13.1. The summed E-state index contributed by atoms with van der Waals surface area (Å²) < 4.78 is 3.65. The molecule has 0 unspecified atom stereocenters. The highest BCUT2D eigenvalue weighted by Gasteiger charge is 2.21. The van der Waals surface area contributed by atoms with Crippen molar-refractivity contribution in [3.05, 3.63) is 118 Å². The zero-order valence-corrected chi connectivity index (χ0v) is 21.2. The Hall–Kier alpha value is -4.52. The molecule has 6 rings (SSSR count). The van der Waals surface area contributed by atoms with Gasteiger partial charge in [0.05, 0.1) is 10.9 Å². The number of amides is 1. The maximum atomic E-state index is 13.4. The van der Waals surface area contributed by atoms with Crippen molar-refractivity contribution in [3.63, 3.8) is 0 Å². The first-order chi connectivity index (χ1) is 18.7. The van der Waals surface area contributed by atoms with Crippen molar-refractivity contribution in [2.24, 2.45) is 0 Å². The average Bonchev–Trinajstić information content (AvgIpc) is 3.41. The molecule has 38 heavy (non-hydrogen) atoms. The quantitative estimate of drug-likeness (QED) is 0.327. The molecule has 0 bridgehead atoms. The van der Waals surface area contributed by atoms with Crippen LogP contribution in [-0.2, 0) is 24.2 Å². The lowest BCUT2D eigenvalue weighted by atomic mass is 9.99. The number of hydrogen-bond acceptors (Lipinski definition) is 4. The van der Waals surface area contributed by atoms with Crippen molar-refractivity contribution in [2.45, 2.75) is 32.2 Å². The lowest BCUT2D eigenvalue weighted by Gasteiger charge is -2.26. The molecule has 0 spiro atoms. The van der Waals surface area contributed by atoms with Crippen LogP contribution < -0.4 is 5.56 Å². The van der Waals surface area contributed by atoms with Crippen molar-refractivity contribution >= 4 is 28.2 Å². The minimum atomic E-state index is -0.0756. The zero-order chi connectivity index (χ0) is 25.9. The molecule has 0 aliphatic carbocycles. The maximum absolute atomic E-state index is 13.4. The summed E-state index contributed by atoms with van der Waals surface area (Å²) in [4.78, 5) is 28.4. The Morgan fingerprint density at radius 1 is 0.842 bits per heavy atom. The molecule has 7 nitrogen and oxygen atoms in total. The van der Waals surface area contributed by atoms with E-state index in [1.165, 1.54) is 11.1 Å². The van der Waals surface area contributed by atoms with Gasteiger partial charge in [-0.15, -0.1) is 10.2 Å². The summed E-state index contributed by atoms with van der Waals surface area (Å²) >= 11 is 0. The normalized spacial score (nSPS) is 13.7. The molecule has 190 valence electrons. The van der Waals surface area contributed by atoms with Gasteiger partial charge >= 0.3 is 0 Å². The van der Waals surface area contributed by atoms with Crippen molar-refractivity contribution in [2.75, 3.05) is 13.1 Å². The van der Waals surface area contributed by atoms with Gasteiger partial charge in [-0.05, 0) is 41.7 Å². The van der Waals surface area contributed by atoms with E-state index < -0.39 is 0 Å². The molecule has 0 N–H and O–H groups in total. The number of fused-ring (bicyclic) bond motifs is 3. The zero-order valence-electron chi connectivity index (χ0n) is 21.2. The molecule has 0 fully saturated rings. The lowest BCUT2D eigenvalue weighted by molar-refractivity contribution is -0.130. The van der Waals surface area contributed by atoms with E-state index in [9.17, 15) is 9.59 Å². The highest BCUT2D eigenvalue weighted by Crippen LogP contribution is 2.23. The molecule has 7 heteroatoms. The van der Waals surface area contributed by atoms with E-state index in [1.807, 2.05) is 70.0 Å². The SMILES string of the molecule is O=C(CCc1nnc2n(CCc3ccccc3)c(=O)c3ccccc3n12)N1CC=C(c2ccccc2)CC1. The number of para-hydroxylation sites is 1. The van der Waals surface area contributed by atoms with E-state index in [4.69, 9.17) is 0 Å². The Kier molecular flexibility index (Phi) is 6.56. The van der Waals surface area contributed by atoms with Crippen molar-refractivity contribution in [1.82, 2.24) is 24.1 Å². The van der Waals surface area contributed by atoms with E-state index in [1.54, 1.807) is 4.57 Å². The largest absolute Gasteiger partial charge is 0.339 e. The number of nitrogens with zero attached hydrogens (tertiary/aromatic N) is 5. The average molecular weight is 504 g/mol. The molecule has 3 heterocycles. The number of benzene rings is 3. The van der Waals surface area contributed by atoms with Gasteiger partial charge in [-0.2, -0.15) is 0 Å². The van der Waals surface area contributed by atoms with Gasteiger partial charge in [-0.3, -0.25) is 18.6 Å². The van der Waals surface area contributed by atoms with Crippen LogP contribution in [0.2, 0.25) is 0 Å². The second-order valence-corrected chi connectivity index (χ2v) is 9.65. The van der Waals surface area contributed by atoms with E-state index in [2.05, 4.69) is 40.5 Å². The van der Waals surface area contributed by atoms with Crippen LogP contribution in [-0.4, -0.2) is 43.1 Å². The topological polar surface area (TPSA) is 72.5 Å². The van der Waals surface area contributed by atoms with Gasteiger partial charge in [0.25, 0.3) is 5.56 Å². The predicted octanol–water partition coefficient (Wildman–Crippen LogP) is 4.54. The third-order valence-corrected chi connectivity index (χ3v) is 7.31. The Labute approximate surface area is 220 Å². The van der Waals surface area contributed by atoms with E-state index >= 15 is 0 Å². The smallest absolute Gasteiger partial charge is 0.262 e. The highest BCUT2D eigenvalue weighted by molar-refractivity contribution is 5.81. The molecule has 1 aliphatic rings. The predicted molar refractivity (Wildman–Crippen MR) is 149 cm³/mol. The van der Waals surface area contributed by atoms with Crippen LogP contribution in [0.5, 0.6) is 0 Å². The molecule has 0 saturated carbocycles. The Morgan fingerprint density at radius 3 is 2.34 bits per heavy atom. The third kappa shape index (κ3) is 4.63. The minimum Gasteiger partial charge on any atom is -0.339 e. The molecule has 2 aromatic heterocycles. The Balaban J connectivity index is 1.23. The first-order valence-corrected chi connectivity index (χ1v) is 13.1. The first kappa shape index (κ1) is 23.9. The van der Waals surface area contributed by atoms with Crippen LogP contribution >= 0.6 is 0 Å². The molecule has 3 aromatic carbocycles. The molecule has 1 amide bonds. The Bertz CT molecular complexity index is 1690. The number of carbonyl (C=O) groups is 1.